The minimum Gasteiger partial charge on any atom is -0.300 e. The highest BCUT2D eigenvalue weighted by atomic mass is 32.1. The Kier molecular flexibility index (Phi) is 3.06. The maximum Gasteiger partial charge on any atom is 0.328 e. The maximum atomic E-state index is 11.7. The van der Waals surface area contributed by atoms with Gasteiger partial charge >= 0.3 is 5.69 Å². The van der Waals surface area contributed by atoms with Crippen LogP contribution >= 0.6 is 11.3 Å². The molecule has 2 heterocycles. The summed E-state index contributed by atoms with van der Waals surface area (Å²) in [5, 5.41) is 2.06. The summed E-state index contributed by atoms with van der Waals surface area (Å²) in [6.07, 6.45) is 4.64. The molecule has 0 radical (unpaired) electrons. The average molecular weight is 222 g/mol. The van der Waals surface area contributed by atoms with Gasteiger partial charge in [-0.2, -0.15) is 0 Å². The molecule has 80 valence electrons. The van der Waals surface area contributed by atoms with Crippen LogP contribution in [0.4, 0.5) is 0 Å². The average Bonchev–Trinajstić information content (AvgIpc) is 2.85. The number of imidazole rings is 1. The zero-order valence-corrected chi connectivity index (χ0v) is 9.54. The van der Waals surface area contributed by atoms with Crippen LogP contribution in [0.15, 0.2) is 34.7 Å². The van der Waals surface area contributed by atoms with E-state index in [0.717, 1.165) is 19.5 Å². The third-order valence-corrected chi connectivity index (χ3v) is 3.37. The van der Waals surface area contributed by atoms with Gasteiger partial charge in [-0.1, -0.05) is 6.07 Å². The van der Waals surface area contributed by atoms with Crippen molar-refractivity contribution in [3.63, 3.8) is 0 Å². The largest absolute Gasteiger partial charge is 0.328 e. The second kappa shape index (κ2) is 4.49. The summed E-state index contributed by atoms with van der Waals surface area (Å²) in [6, 6.07) is 4.15. The van der Waals surface area contributed by atoms with Gasteiger partial charge in [0.25, 0.3) is 0 Å². The lowest BCUT2D eigenvalue weighted by molar-refractivity contribution is 0.629. The summed E-state index contributed by atoms with van der Waals surface area (Å²) in [6.45, 7) is 3.49. The summed E-state index contributed by atoms with van der Waals surface area (Å²) in [5.74, 6) is 0. The van der Waals surface area contributed by atoms with Crippen LogP contribution in [0.1, 0.15) is 11.8 Å². The van der Waals surface area contributed by atoms with Crippen molar-refractivity contribution in [2.45, 2.75) is 26.4 Å². The maximum absolute atomic E-state index is 11.7. The molecule has 0 aliphatic carbocycles. The zero-order chi connectivity index (χ0) is 10.7. The van der Waals surface area contributed by atoms with E-state index in [4.69, 9.17) is 0 Å². The van der Waals surface area contributed by atoms with E-state index in [9.17, 15) is 4.79 Å². The molecule has 2 aromatic heterocycles. The number of hydrogen-bond acceptors (Lipinski definition) is 2. The van der Waals surface area contributed by atoms with E-state index in [1.54, 1.807) is 20.5 Å². The normalized spacial score (nSPS) is 10.7. The summed E-state index contributed by atoms with van der Waals surface area (Å²) in [7, 11) is 0. The van der Waals surface area contributed by atoms with Gasteiger partial charge in [0, 0.05) is 30.4 Å². The van der Waals surface area contributed by atoms with Gasteiger partial charge in [0.15, 0.2) is 0 Å². The van der Waals surface area contributed by atoms with Gasteiger partial charge < -0.3 is 0 Å². The summed E-state index contributed by atoms with van der Waals surface area (Å²) in [4.78, 5) is 13.0. The fourth-order valence-electron chi connectivity index (χ4n) is 1.55. The van der Waals surface area contributed by atoms with Gasteiger partial charge in [0.2, 0.25) is 0 Å². The van der Waals surface area contributed by atoms with Crippen molar-refractivity contribution >= 4 is 11.3 Å². The SMILES string of the molecule is CCn1ccn(CCc2cccs2)c1=O. The molecule has 0 bridgehead atoms. The van der Waals surface area contributed by atoms with Crippen LogP contribution in [-0.2, 0) is 19.5 Å². The topological polar surface area (TPSA) is 26.9 Å². The van der Waals surface area contributed by atoms with E-state index in [1.807, 2.05) is 25.4 Å². The molecule has 0 atom stereocenters. The summed E-state index contributed by atoms with van der Waals surface area (Å²) < 4.78 is 3.48. The highest BCUT2D eigenvalue weighted by molar-refractivity contribution is 7.09. The molecule has 0 unspecified atom stereocenters. The molecular formula is C11H14N2OS. The minimum absolute atomic E-state index is 0.0917. The van der Waals surface area contributed by atoms with Crippen molar-refractivity contribution in [3.8, 4) is 0 Å². The molecule has 2 aromatic rings. The standard InChI is InChI=1S/C11H14N2OS/c1-2-12-7-8-13(11(12)14)6-5-10-4-3-9-15-10/h3-4,7-9H,2,5-6H2,1H3. The van der Waals surface area contributed by atoms with Crippen LogP contribution in [0.5, 0.6) is 0 Å². The predicted molar refractivity (Wildman–Crippen MR) is 62.4 cm³/mol. The summed E-state index contributed by atoms with van der Waals surface area (Å²) >= 11 is 1.74. The fraction of sp³-hybridized carbons (Fsp3) is 0.364. The van der Waals surface area contributed by atoms with Crippen LogP contribution < -0.4 is 5.69 Å². The van der Waals surface area contributed by atoms with Crippen molar-refractivity contribution in [1.29, 1.82) is 0 Å². The first-order valence-electron chi connectivity index (χ1n) is 5.09. The molecule has 0 N–H and O–H groups in total. The molecule has 15 heavy (non-hydrogen) atoms. The van der Waals surface area contributed by atoms with E-state index in [-0.39, 0.29) is 5.69 Å². The molecule has 0 spiro atoms. The lowest BCUT2D eigenvalue weighted by Crippen LogP contribution is -2.23. The van der Waals surface area contributed by atoms with Crippen molar-refractivity contribution in [3.05, 3.63) is 45.3 Å². The lowest BCUT2D eigenvalue weighted by Gasteiger charge is -1.99. The third-order valence-electron chi connectivity index (χ3n) is 2.44. The number of hydrogen-bond donors (Lipinski definition) is 0. The molecule has 4 heteroatoms. The van der Waals surface area contributed by atoms with Gasteiger partial charge in [0.1, 0.15) is 0 Å². The number of nitrogens with zero attached hydrogens (tertiary/aromatic N) is 2. The number of aromatic nitrogens is 2. The molecule has 2 rings (SSSR count). The van der Waals surface area contributed by atoms with Crippen molar-refractivity contribution in [2.24, 2.45) is 0 Å². The van der Waals surface area contributed by atoms with Gasteiger partial charge in [0.05, 0.1) is 0 Å². The Labute approximate surface area is 92.6 Å². The molecule has 0 saturated heterocycles. The van der Waals surface area contributed by atoms with Gasteiger partial charge in [-0.3, -0.25) is 9.13 Å². The smallest absolute Gasteiger partial charge is 0.300 e. The molecule has 3 nitrogen and oxygen atoms in total. The summed E-state index contributed by atoms with van der Waals surface area (Å²) in [5.41, 5.74) is 0.0917. The highest BCUT2D eigenvalue weighted by Gasteiger charge is 2.01. The van der Waals surface area contributed by atoms with Crippen LogP contribution in [0.3, 0.4) is 0 Å². The molecule has 0 aliphatic rings. The van der Waals surface area contributed by atoms with E-state index in [2.05, 4.69) is 11.4 Å². The van der Waals surface area contributed by atoms with Crippen LogP contribution in [-0.4, -0.2) is 9.13 Å². The Hall–Kier alpha value is -1.29. The molecule has 0 fully saturated rings. The van der Waals surface area contributed by atoms with E-state index in [1.165, 1.54) is 4.88 Å². The van der Waals surface area contributed by atoms with E-state index >= 15 is 0 Å². The predicted octanol–water partition coefficient (Wildman–Crippen LogP) is 1.97. The number of aryl methyl sites for hydroxylation is 3. The van der Waals surface area contributed by atoms with Gasteiger partial charge in [-0.05, 0) is 24.8 Å². The Bertz CT molecular complexity index is 467. The minimum atomic E-state index is 0.0917. The molecule has 0 saturated carbocycles. The van der Waals surface area contributed by atoms with Crippen LogP contribution in [0, 0.1) is 0 Å². The lowest BCUT2D eigenvalue weighted by atomic mass is 10.3. The molecular weight excluding hydrogens is 208 g/mol. The first-order chi connectivity index (χ1) is 7.31. The fourth-order valence-corrected chi connectivity index (χ4v) is 2.25. The van der Waals surface area contributed by atoms with Gasteiger partial charge in [-0.25, -0.2) is 4.79 Å². The number of thiophene rings is 1. The van der Waals surface area contributed by atoms with Crippen molar-refractivity contribution < 1.29 is 0 Å². The third kappa shape index (κ3) is 2.21. The monoisotopic (exact) mass is 222 g/mol. The van der Waals surface area contributed by atoms with Crippen LogP contribution in [0.2, 0.25) is 0 Å². The van der Waals surface area contributed by atoms with Crippen molar-refractivity contribution in [2.75, 3.05) is 0 Å². The first kappa shape index (κ1) is 10.2. The highest BCUT2D eigenvalue weighted by Crippen LogP contribution is 2.09. The second-order valence-corrected chi connectivity index (χ2v) is 4.42. The Morgan fingerprint density at radius 1 is 1.33 bits per heavy atom. The Morgan fingerprint density at radius 3 is 2.73 bits per heavy atom. The van der Waals surface area contributed by atoms with Crippen molar-refractivity contribution in [1.82, 2.24) is 9.13 Å². The molecule has 0 aliphatic heterocycles. The zero-order valence-electron chi connectivity index (χ0n) is 8.72. The molecule has 0 amide bonds. The van der Waals surface area contributed by atoms with Gasteiger partial charge in [-0.15, -0.1) is 11.3 Å². The molecule has 0 aromatic carbocycles. The quantitative estimate of drug-likeness (QED) is 0.777. The Balaban J connectivity index is 2.05. The number of rotatable bonds is 4. The Morgan fingerprint density at radius 2 is 2.13 bits per heavy atom. The van der Waals surface area contributed by atoms with E-state index in [0.29, 0.717) is 0 Å². The second-order valence-electron chi connectivity index (χ2n) is 3.39. The van der Waals surface area contributed by atoms with E-state index < -0.39 is 0 Å². The first-order valence-corrected chi connectivity index (χ1v) is 5.97. The van der Waals surface area contributed by atoms with Crippen LogP contribution in [0.25, 0.3) is 0 Å².